The second-order valence-corrected chi connectivity index (χ2v) is 7.62. The third kappa shape index (κ3) is 3.42. The first kappa shape index (κ1) is 16.2. The van der Waals surface area contributed by atoms with Crippen molar-refractivity contribution < 1.29 is 4.79 Å². The zero-order chi connectivity index (χ0) is 17.2. The van der Waals surface area contributed by atoms with Crippen LogP contribution in [0.25, 0.3) is 10.9 Å². The highest BCUT2D eigenvalue weighted by Gasteiger charge is 2.26. The molecule has 0 unspecified atom stereocenters. The van der Waals surface area contributed by atoms with E-state index in [9.17, 15) is 4.79 Å². The Labute approximate surface area is 151 Å². The molecule has 1 aliphatic heterocycles. The number of fused-ring (bicyclic) bond motifs is 1. The molecule has 1 aliphatic rings. The predicted octanol–water partition coefficient (Wildman–Crippen LogP) is 4.09. The lowest BCUT2D eigenvalue weighted by atomic mass is 9.91. The van der Waals surface area contributed by atoms with Gasteiger partial charge < -0.3 is 4.90 Å². The van der Waals surface area contributed by atoms with Gasteiger partial charge in [0.25, 0.3) is 5.91 Å². The number of para-hydroxylation sites is 1. The molecule has 4 rings (SSSR count). The molecule has 128 valence electrons. The van der Waals surface area contributed by atoms with Gasteiger partial charge in [0.1, 0.15) is 4.88 Å². The summed E-state index contributed by atoms with van der Waals surface area (Å²) in [5, 5.41) is 1.18. The van der Waals surface area contributed by atoms with Gasteiger partial charge in [-0.05, 0) is 49.8 Å². The normalized spacial score (nSPS) is 17.8. The lowest BCUT2D eigenvalue weighted by Crippen LogP contribution is -2.40. The third-order valence-corrected chi connectivity index (χ3v) is 5.83. The fourth-order valence-electron chi connectivity index (χ4n) is 3.63. The number of amides is 1. The number of carbonyl (C=O) groups is 1. The number of benzene rings is 1. The maximum absolute atomic E-state index is 12.7. The van der Waals surface area contributed by atoms with Crippen molar-refractivity contribution in [1.82, 2.24) is 14.9 Å². The number of likely N-dealkylation sites (tertiary alicyclic amines) is 1. The van der Waals surface area contributed by atoms with Gasteiger partial charge in [-0.1, -0.05) is 18.2 Å². The summed E-state index contributed by atoms with van der Waals surface area (Å²) in [5.41, 5.74) is 4.89. The molecular weight excluding hydrogens is 330 g/mol. The lowest BCUT2D eigenvalue weighted by Gasteiger charge is -2.32. The van der Waals surface area contributed by atoms with Crippen molar-refractivity contribution in [2.75, 3.05) is 13.1 Å². The highest BCUT2D eigenvalue weighted by Crippen LogP contribution is 2.25. The molecule has 1 saturated heterocycles. The smallest absolute Gasteiger partial charge is 0.265 e. The number of aromatic nitrogens is 2. The first-order valence-electron chi connectivity index (χ1n) is 8.74. The van der Waals surface area contributed by atoms with Crippen LogP contribution in [0.5, 0.6) is 0 Å². The summed E-state index contributed by atoms with van der Waals surface area (Å²) < 4.78 is 0. The zero-order valence-corrected chi connectivity index (χ0v) is 15.1. The molecular formula is C20H21N3OS. The van der Waals surface area contributed by atoms with E-state index in [-0.39, 0.29) is 5.91 Å². The summed E-state index contributed by atoms with van der Waals surface area (Å²) >= 11 is 1.45. The number of pyridine rings is 1. The highest BCUT2D eigenvalue weighted by molar-refractivity contribution is 7.11. The Kier molecular flexibility index (Phi) is 4.49. The molecule has 1 atom stereocenters. The van der Waals surface area contributed by atoms with E-state index in [1.54, 1.807) is 5.51 Å². The van der Waals surface area contributed by atoms with Crippen LogP contribution in [0.4, 0.5) is 0 Å². The molecule has 3 aromatic rings. The number of nitrogens with zero attached hydrogens (tertiary/aromatic N) is 3. The minimum atomic E-state index is 0.140. The molecule has 2 aromatic heterocycles. The third-order valence-electron chi connectivity index (χ3n) is 4.92. The van der Waals surface area contributed by atoms with Crippen LogP contribution in [0.1, 0.15) is 33.8 Å². The van der Waals surface area contributed by atoms with E-state index in [0.29, 0.717) is 5.92 Å². The van der Waals surface area contributed by atoms with Crippen LogP contribution in [-0.4, -0.2) is 33.9 Å². The lowest BCUT2D eigenvalue weighted by molar-refractivity contribution is 0.0677. The molecule has 0 spiro atoms. The minimum Gasteiger partial charge on any atom is -0.338 e. The standard InChI is InChI=1S/C20H21N3OS/c1-14-19(25-13-22-14)20(24)23-8-4-5-15(12-23)9-16-10-17-6-2-3-7-18(17)21-11-16/h2-3,6-7,10-11,13,15H,4-5,8-9,12H2,1H3/t15-/m0/s1. The van der Waals surface area contributed by atoms with Gasteiger partial charge in [-0.3, -0.25) is 9.78 Å². The Morgan fingerprint density at radius 2 is 2.20 bits per heavy atom. The topological polar surface area (TPSA) is 46.1 Å². The Hall–Kier alpha value is -2.27. The molecule has 1 fully saturated rings. The van der Waals surface area contributed by atoms with Crippen molar-refractivity contribution in [3.63, 3.8) is 0 Å². The molecule has 0 bridgehead atoms. The van der Waals surface area contributed by atoms with Crippen LogP contribution in [0, 0.1) is 12.8 Å². The van der Waals surface area contributed by atoms with Gasteiger partial charge in [-0.15, -0.1) is 11.3 Å². The van der Waals surface area contributed by atoms with Gasteiger partial charge >= 0.3 is 0 Å². The fourth-order valence-corrected chi connectivity index (χ4v) is 4.40. The maximum Gasteiger partial charge on any atom is 0.265 e. The van der Waals surface area contributed by atoms with E-state index in [1.807, 2.05) is 36.2 Å². The average Bonchev–Trinajstić information content (AvgIpc) is 3.07. The van der Waals surface area contributed by atoms with Crippen molar-refractivity contribution >= 4 is 28.1 Å². The number of hydrogen-bond donors (Lipinski definition) is 0. The summed E-state index contributed by atoms with van der Waals surface area (Å²) in [6, 6.07) is 10.4. The van der Waals surface area contributed by atoms with Crippen molar-refractivity contribution in [2.45, 2.75) is 26.2 Å². The molecule has 5 heteroatoms. The number of piperidine rings is 1. The maximum atomic E-state index is 12.7. The molecule has 25 heavy (non-hydrogen) atoms. The minimum absolute atomic E-state index is 0.140. The Bertz CT molecular complexity index is 905. The van der Waals surface area contributed by atoms with Crippen LogP contribution in [0.3, 0.4) is 0 Å². The molecule has 0 N–H and O–H groups in total. The van der Waals surface area contributed by atoms with Crippen LogP contribution < -0.4 is 0 Å². The zero-order valence-electron chi connectivity index (χ0n) is 14.3. The van der Waals surface area contributed by atoms with Gasteiger partial charge in [0.15, 0.2) is 0 Å². The Morgan fingerprint density at radius 1 is 1.32 bits per heavy atom. The van der Waals surface area contributed by atoms with Crippen molar-refractivity contribution in [3.05, 3.63) is 58.2 Å². The first-order chi connectivity index (χ1) is 12.2. The Balaban J connectivity index is 1.47. The SMILES string of the molecule is Cc1ncsc1C(=O)N1CCC[C@@H](Cc2cnc3ccccc3c2)C1. The second-order valence-electron chi connectivity index (χ2n) is 6.77. The van der Waals surface area contributed by atoms with Gasteiger partial charge in [-0.25, -0.2) is 4.98 Å². The van der Waals surface area contributed by atoms with Gasteiger partial charge in [0.05, 0.1) is 16.7 Å². The summed E-state index contributed by atoms with van der Waals surface area (Å²) in [6.07, 6.45) is 5.19. The molecule has 1 amide bonds. The van der Waals surface area contributed by atoms with Crippen LogP contribution >= 0.6 is 11.3 Å². The number of aryl methyl sites for hydroxylation is 1. The van der Waals surface area contributed by atoms with Crippen LogP contribution in [0.2, 0.25) is 0 Å². The Morgan fingerprint density at radius 3 is 3.04 bits per heavy atom. The van der Waals surface area contributed by atoms with E-state index in [4.69, 9.17) is 0 Å². The van der Waals surface area contributed by atoms with Gasteiger partial charge in [0, 0.05) is 24.7 Å². The summed E-state index contributed by atoms with van der Waals surface area (Å²) in [6.45, 7) is 3.58. The van der Waals surface area contributed by atoms with Crippen molar-refractivity contribution in [3.8, 4) is 0 Å². The number of thiazole rings is 1. The quantitative estimate of drug-likeness (QED) is 0.714. The molecule has 0 radical (unpaired) electrons. The summed E-state index contributed by atoms with van der Waals surface area (Å²) in [4.78, 5) is 24.3. The van der Waals surface area contributed by atoms with E-state index in [0.717, 1.165) is 48.4 Å². The molecule has 0 saturated carbocycles. The number of rotatable bonds is 3. The molecule has 3 heterocycles. The predicted molar refractivity (Wildman–Crippen MR) is 101 cm³/mol. The summed E-state index contributed by atoms with van der Waals surface area (Å²) in [5.74, 6) is 0.634. The van der Waals surface area contributed by atoms with Gasteiger partial charge in [-0.2, -0.15) is 0 Å². The molecule has 4 nitrogen and oxygen atoms in total. The number of hydrogen-bond acceptors (Lipinski definition) is 4. The van der Waals surface area contributed by atoms with Crippen molar-refractivity contribution in [1.29, 1.82) is 0 Å². The highest BCUT2D eigenvalue weighted by atomic mass is 32.1. The van der Waals surface area contributed by atoms with Gasteiger partial charge in [0.2, 0.25) is 0 Å². The van der Waals surface area contributed by atoms with Crippen molar-refractivity contribution in [2.24, 2.45) is 5.92 Å². The first-order valence-corrected chi connectivity index (χ1v) is 9.61. The average molecular weight is 351 g/mol. The molecule has 1 aromatic carbocycles. The van der Waals surface area contributed by atoms with E-state index in [2.05, 4.69) is 22.1 Å². The fraction of sp³-hybridized carbons (Fsp3) is 0.350. The second kappa shape index (κ2) is 6.92. The monoisotopic (exact) mass is 351 g/mol. The largest absolute Gasteiger partial charge is 0.338 e. The van der Waals surface area contributed by atoms with E-state index in [1.165, 1.54) is 22.3 Å². The van der Waals surface area contributed by atoms with E-state index >= 15 is 0 Å². The van der Waals surface area contributed by atoms with Crippen LogP contribution in [0.15, 0.2) is 42.0 Å². The van der Waals surface area contributed by atoms with Crippen LogP contribution in [-0.2, 0) is 6.42 Å². The summed E-state index contributed by atoms with van der Waals surface area (Å²) in [7, 11) is 0. The molecule has 0 aliphatic carbocycles. The number of carbonyl (C=O) groups excluding carboxylic acids is 1. The van der Waals surface area contributed by atoms with E-state index < -0.39 is 0 Å².